The lowest BCUT2D eigenvalue weighted by Gasteiger charge is -2.36. The number of hydrogen-bond donors (Lipinski definition) is 1. The average Bonchev–Trinajstić information content (AvgIpc) is 3.34. The van der Waals surface area contributed by atoms with Crippen LogP contribution in [-0.4, -0.2) is 47.8 Å². The second kappa shape index (κ2) is 9.51. The first-order chi connectivity index (χ1) is 15.8. The van der Waals surface area contributed by atoms with Gasteiger partial charge in [-0.2, -0.15) is 0 Å². The van der Waals surface area contributed by atoms with Crippen molar-refractivity contribution in [1.82, 2.24) is 4.90 Å². The predicted octanol–water partition coefficient (Wildman–Crippen LogP) is 4.71. The molecule has 2 amide bonds. The number of nitrogens with one attached hydrogen (secondary N) is 1. The van der Waals surface area contributed by atoms with E-state index >= 15 is 0 Å². The van der Waals surface area contributed by atoms with E-state index in [0.717, 1.165) is 11.8 Å². The molecule has 2 aromatic carbocycles. The van der Waals surface area contributed by atoms with Crippen molar-refractivity contribution in [3.05, 3.63) is 86.3 Å². The van der Waals surface area contributed by atoms with Crippen LogP contribution in [0.1, 0.15) is 20.9 Å². The number of benzene rings is 2. The van der Waals surface area contributed by atoms with Gasteiger partial charge in [-0.15, -0.1) is 0 Å². The quantitative estimate of drug-likeness (QED) is 0.411. The Bertz CT molecular complexity index is 1210. The van der Waals surface area contributed by atoms with Crippen LogP contribution in [-0.2, 0) is 0 Å². The van der Waals surface area contributed by atoms with E-state index in [0.29, 0.717) is 42.6 Å². The summed E-state index contributed by atoms with van der Waals surface area (Å²) in [6.07, 6.45) is 1.47. The van der Waals surface area contributed by atoms with Gasteiger partial charge in [-0.1, -0.05) is 23.2 Å². The van der Waals surface area contributed by atoms with Crippen molar-refractivity contribution in [3.63, 3.8) is 0 Å². The van der Waals surface area contributed by atoms with Gasteiger partial charge in [0.25, 0.3) is 17.5 Å². The third kappa shape index (κ3) is 4.94. The highest BCUT2D eigenvalue weighted by Gasteiger charge is 2.25. The molecular formula is C22H18Cl2N4O5. The van der Waals surface area contributed by atoms with Crippen molar-refractivity contribution < 1.29 is 18.9 Å². The summed E-state index contributed by atoms with van der Waals surface area (Å²) in [5, 5.41) is 14.2. The van der Waals surface area contributed by atoms with Gasteiger partial charge in [0.15, 0.2) is 5.76 Å². The highest BCUT2D eigenvalue weighted by molar-refractivity contribution is 6.35. The number of halogens is 2. The first-order valence-electron chi connectivity index (χ1n) is 9.96. The Balaban J connectivity index is 1.42. The van der Waals surface area contributed by atoms with Crippen LogP contribution in [0, 0.1) is 10.1 Å². The molecule has 1 saturated heterocycles. The van der Waals surface area contributed by atoms with E-state index in [-0.39, 0.29) is 22.2 Å². The van der Waals surface area contributed by atoms with Gasteiger partial charge in [-0.05, 0) is 36.4 Å². The summed E-state index contributed by atoms with van der Waals surface area (Å²) in [6, 6.07) is 12.0. The second-order valence-electron chi connectivity index (χ2n) is 7.30. The van der Waals surface area contributed by atoms with Crippen molar-refractivity contribution >= 4 is 52.1 Å². The van der Waals surface area contributed by atoms with Crippen molar-refractivity contribution in [2.75, 3.05) is 36.4 Å². The summed E-state index contributed by atoms with van der Waals surface area (Å²) in [6.45, 7) is 2.20. The Morgan fingerprint density at radius 3 is 2.39 bits per heavy atom. The molecular weight excluding hydrogens is 471 g/mol. The van der Waals surface area contributed by atoms with Crippen LogP contribution in [0.5, 0.6) is 0 Å². The summed E-state index contributed by atoms with van der Waals surface area (Å²) >= 11 is 12.5. The average molecular weight is 489 g/mol. The lowest BCUT2D eigenvalue weighted by atomic mass is 10.1. The molecule has 33 heavy (non-hydrogen) atoms. The number of hydrogen-bond acceptors (Lipinski definition) is 6. The molecule has 0 bridgehead atoms. The van der Waals surface area contributed by atoms with Gasteiger partial charge in [0.05, 0.1) is 32.5 Å². The summed E-state index contributed by atoms with van der Waals surface area (Å²) in [5.74, 6) is -0.424. The molecule has 11 heteroatoms. The highest BCUT2D eigenvalue weighted by Crippen LogP contribution is 2.31. The zero-order valence-electron chi connectivity index (χ0n) is 17.2. The Kier molecular flexibility index (Phi) is 6.52. The lowest BCUT2D eigenvalue weighted by Crippen LogP contribution is -2.48. The molecule has 1 N–H and O–H groups in total. The summed E-state index contributed by atoms with van der Waals surface area (Å²) in [4.78, 5) is 39.2. The molecule has 1 aliphatic heterocycles. The largest absolute Gasteiger partial charge is 0.459 e. The SMILES string of the molecule is O=C(Nc1ccc(N2CCN(C(=O)c3ccco3)CC2)c(Cl)c1)c1cc([N+](=O)[O-])ccc1Cl. The number of nitro benzene ring substituents is 1. The fourth-order valence-electron chi connectivity index (χ4n) is 3.55. The highest BCUT2D eigenvalue weighted by atomic mass is 35.5. The predicted molar refractivity (Wildman–Crippen MR) is 124 cm³/mol. The topological polar surface area (TPSA) is 109 Å². The minimum Gasteiger partial charge on any atom is -0.459 e. The number of anilines is 2. The third-order valence-corrected chi connectivity index (χ3v) is 5.88. The molecule has 0 aliphatic carbocycles. The maximum atomic E-state index is 12.6. The smallest absolute Gasteiger partial charge is 0.289 e. The van der Waals surface area contributed by atoms with Crippen molar-refractivity contribution in [1.29, 1.82) is 0 Å². The van der Waals surface area contributed by atoms with E-state index < -0.39 is 10.8 Å². The number of rotatable bonds is 5. The first kappa shape index (κ1) is 22.6. The molecule has 1 aliphatic rings. The standard InChI is InChI=1S/C22H18Cl2N4O5/c23-17-5-4-15(28(31)32)13-16(17)21(29)25-14-3-6-19(18(24)12-14)26-7-9-27(10-8-26)22(30)20-2-1-11-33-20/h1-6,11-13H,7-10H2,(H,25,29). The number of amides is 2. The molecule has 0 unspecified atom stereocenters. The number of nitrogens with zero attached hydrogens (tertiary/aromatic N) is 3. The van der Waals surface area contributed by atoms with Crippen LogP contribution in [0.4, 0.5) is 17.1 Å². The molecule has 0 atom stereocenters. The molecule has 3 aromatic rings. The Morgan fingerprint density at radius 2 is 1.76 bits per heavy atom. The van der Waals surface area contributed by atoms with E-state index in [1.54, 1.807) is 35.2 Å². The van der Waals surface area contributed by atoms with Crippen LogP contribution in [0.2, 0.25) is 10.0 Å². The van der Waals surface area contributed by atoms with E-state index in [4.69, 9.17) is 27.6 Å². The van der Waals surface area contributed by atoms with Crippen molar-refractivity contribution in [2.24, 2.45) is 0 Å². The molecule has 2 heterocycles. The van der Waals surface area contributed by atoms with E-state index in [9.17, 15) is 19.7 Å². The first-order valence-corrected chi connectivity index (χ1v) is 10.7. The number of nitro groups is 1. The van der Waals surface area contributed by atoms with Crippen LogP contribution in [0.3, 0.4) is 0 Å². The maximum Gasteiger partial charge on any atom is 0.289 e. The fourth-order valence-corrected chi connectivity index (χ4v) is 4.05. The number of piperazine rings is 1. The van der Waals surface area contributed by atoms with Gasteiger partial charge in [0.2, 0.25) is 0 Å². The van der Waals surface area contributed by atoms with E-state index in [2.05, 4.69) is 10.2 Å². The molecule has 0 radical (unpaired) electrons. The van der Waals surface area contributed by atoms with Gasteiger partial charge in [-0.25, -0.2) is 0 Å². The molecule has 170 valence electrons. The molecule has 0 spiro atoms. The summed E-state index contributed by atoms with van der Waals surface area (Å²) < 4.78 is 5.18. The minimum atomic E-state index is -0.597. The third-order valence-electron chi connectivity index (χ3n) is 5.25. The lowest BCUT2D eigenvalue weighted by molar-refractivity contribution is -0.384. The molecule has 9 nitrogen and oxygen atoms in total. The fraction of sp³-hybridized carbons (Fsp3) is 0.182. The Labute approximate surface area is 198 Å². The maximum absolute atomic E-state index is 12.6. The molecule has 1 fully saturated rings. The Hall–Kier alpha value is -3.56. The van der Waals surface area contributed by atoms with Gasteiger partial charge >= 0.3 is 0 Å². The summed E-state index contributed by atoms with van der Waals surface area (Å²) in [5.41, 5.74) is 0.946. The van der Waals surface area contributed by atoms with Gasteiger partial charge in [0, 0.05) is 44.0 Å². The second-order valence-corrected chi connectivity index (χ2v) is 8.11. The van der Waals surface area contributed by atoms with Crippen LogP contribution in [0.15, 0.2) is 59.2 Å². The van der Waals surface area contributed by atoms with Gasteiger partial charge < -0.3 is 19.5 Å². The van der Waals surface area contributed by atoms with Crippen molar-refractivity contribution in [3.8, 4) is 0 Å². The van der Waals surface area contributed by atoms with Crippen LogP contribution in [0.25, 0.3) is 0 Å². The number of non-ortho nitro benzene ring substituents is 1. The van der Waals surface area contributed by atoms with Crippen LogP contribution < -0.4 is 10.2 Å². The Morgan fingerprint density at radius 1 is 1.00 bits per heavy atom. The monoisotopic (exact) mass is 488 g/mol. The zero-order chi connectivity index (χ0) is 23.5. The van der Waals surface area contributed by atoms with E-state index in [1.165, 1.54) is 18.4 Å². The molecule has 1 aromatic heterocycles. The number of carbonyl (C=O) groups excluding carboxylic acids is 2. The number of furan rings is 1. The normalized spacial score (nSPS) is 13.6. The molecule has 0 saturated carbocycles. The minimum absolute atomic E-state index is 0.0107. The number of carbonyl (C=O) groups is 2. The molecule has 4 rings (SSSR count). The van der Waals surface area contributed by atoms with Gasteiger partial charge in [0.1, 0.15) is 0 Å². The summed E-state index contributed by atoms with van der Waals surface area (Å²) in [7, 11) is 0. The zero-order valence-corrected chi connectivity index (χ0v) is 18.7. The van der Waals surface area contributed by atoms with Crippen molar-refractivity contribution in [2.45, 2.75) is 0 Å². The van der Waals surface area contributed by atoms with Crippen LogP contribution >= 0.6 is 23.2 Å². The van der Waals surface area contributed by atoms with Gasteiger partial charge in [-0.3, -0.25) is 19.7 Å². The van der Waals surface area contributed by atoms with E-state index in [1.807, 2.05) is 0 Å².